The van der Waals surface area contributed by atoms with Gasteiger partial charge in [0, 0.05) is 37.8 Å². The van der Waals surface area contributed by atoms with Crippen LogP contribution in [-0.4, -0.2) is 62.3 Å². The number of pyridine rings is 1. The monoisotopic (exact) mass is 446 g/mol. The molecule has 0 saturated carbocycles. The van der Waals surface area contributed by atoms with Crippen LogP contribution < -0.4 is 5.73 Å². The number of benzene rings is 1. The summed E-state index contributed by atoms with van der Waals surface area (Å²) in [7, 11) is 0. The number of carbonyl (C=O) groups excluding carboxylic acids is 2. The Hall–Kier alpha value is -3.42. The highest BCUT2D eigenvalue weighted by Crippen LogP contribution is 2.29. The van der Waals surface area contributed by atoms with E-state index < -0.39 is 0 Å². The third kappa shape index (κ3) is 4.17. The van der Waals surface area contributed by atoms with Gasteiger partial charge in [-0.15, -0.1) is 0 Å². The molecule has 0 spiro atoms. The third-order valence-corrected chi connectivity index (χ3v) is 6.97. The second-order valence-corrected chi connectivity index (χ2v) is 9.06. The van der Waals surface area contributed by atoms with Gasteiger partial charge in [0.15, 0.2) is 0 Å². The molecule has 3 aromatic rings. The SMILES string of the molecule is Cc1nc2ccccc2n1CC(=O)N1CCC(c2ccc(C(=O)N3CCCC3)c(N)n2)CC1. The molecule has 2 aliphatic rings. The molecule has 2 amide bonds. The number of nitrogens with two attached hydrogens (primary N) is 1. The van der Waals surface area contributed by atoms with Crippen molar-refractivity contribution in [2.75, 3.05) is 31.9 Å². The lowest BCUT2D eigenvalue weighted by atomic mass is 9.92. The van der Waals surface area contributed by atoms with Crippen molar-refractivity contribution in [3.63, 3.8) is 0 Å². The van der Waals surface area contributed by atoms with E-state index in [0.29, 0.717) is 31.0 Å². The number of nitrogen functional groups attached to an aromatic ring is 1. The van der Waals surface area contributed by atoms with Crippen LogP contribution in [0.4, 0.5) is 5.82 Å². The maximum absolute atomic E-state index is 13.0. The predicted octanol–water partition coefficient (Wildman–Crippen LogP) is 2.96. The summed E-state index contributed by atoms with van der Waals surface area (Å²) >= 11 is 0. The molecule has 2 fully saturated rings. The number of para-hydroxylation sites is 2. The number of amides is 2. The van der Waals surface area contributed by atoms with Crippen LogP contribution in [0.15, 0.2) is 36.4 Å². The molecule has 33 heavy (non-hydrogen) atoms. The molecule has 0 atom stereocenters. The Labute approximate surface area is 193 Å². The molecule has 0 bridgehead atoms. The van der Waals surface area contributed by atoms with E-state index in [9.17, 15) is 9.59 Å². The van der Waals surface area contributed by atoms with Crippen molar-refractivity contribution in [3.8, 4) is 0 Å². The standard InChI is InChI=1S/C25H30N6O2/c1-17-27-21-6-2-3-7-22(21)31(17)16-23(32)29-14-10-18(11-15-29)20-9-8-19(24(26)28-20)25(33)30-12-4-5-13-30/h2-3,6-9,18H,4-5,10-16H2,1H3,(H2,26,28). The number of piperidine rings is 1. The number of imidazole rings is 1. The highest BCUT2D eigenvalue weighted by molar-refractivity contribution is 5.98. The zero-order valence-electron chi connectivity index (χ0n) is 19.0. The van der Waals surface area contributed by atoms with Crippen LogP contribution in [0, 0.1) is 6.92 Å². The van der Waals surface area contributed by atoms with Gasteiger partial charge < -0.3 is 20.1 Å². The summed E-state index contributed by atoms with van der Waals surface area (Å²) < 4.78 is 1.99. The summed E-state index contributed by atoms with van der Waals surface area (Å²) in [6.45, 7) is 5.20. The molecule has 0 aliphatic carbocycles. The first-order valence-electron chi connectivity index (χ1n) is 11.8. The second-order valence-electron chi connectivity index (χ2n) is 9.06. The zero-order valence-corrected chi connectivity index (χ0v) is 19.0. The van der Waals surface area contributed by atoms with Gasteiger partial charge in [-0.3, -0.25) is 9.59 Å². The molecule has 4 heterocycles. The number of fused-ring (bicyclic) bond motifs is 1. The normalized spacial score (nSPS) is 17.1. The highest BCUT2D eigenvalue weighted by Gasteiger charge is 2.27. The quantitative estimate of drug-likeness (QED) is 0.665. The van der Waals surface area contributed by atoms with Crippen molar-refractivity contribution in [2.24, 2.45) is 0 Å². The average Bonchev–Trinajstić information content (AvgIpc) is 3.47. The summed E-state index contributed by atoms with van der Waals surface area (Å²) in [5.74, 6) is 1.49. The number of hydrogen-bond acceptors (Lipinski definition) is 5. The molecule has 2 saturated heterocycles. The molecule has 0 radical (unpaired) electrons. The van der Waals surface area contributed by atoms with Gasteiger partial charge in [0.2, 0.25) is 5.91 Å². The fraction of sp³-hybridized carbons (Fsp3) is 0.440. The summed E-state index contributed by atoms with van der Waals surface area (Å²) in [6.07, 6.45) is 3.76. The molecule has 2 N–H and O–H groups in total. The largest absolute Gasteiger partial charge is 0.383 e. The van der Waals surface area contributed by atoms with Crippen molar-refractivity contribution in [1.29, 1.82) is 0 Å². The van der Waals surface area contributed by atoms with Crippen LogP contribution in [0.1, 0.15) is 53.5 Å². The topological polar surface area (TPSA) is 97.4 Å². The Kier molecular flexibility index (Phi) is 5.74. The summed E-state index contributed by atoms with van der Waals surface area (Å²) in [6, 6.07) is 11.7. The van der Waals surface area contributed by atoms with E-state index in [2.05, 4.69) is 9.97 Å². The Morgan fingerprint density at radius 2 is 1.70 bits per heavy atom. The molecule has 8 nitrogen and oxygen atoms in total. The van der Waals surface area contributed by atoms with Crippen LogP contribution in [0.25, 0.3) is 11.0 Å². The van der Waals surface area contributed by atoms with E-state index in [1.165, 1.54) is 0 Å². The van der Waals surface area contributed by atoms with Gasteiger partial charge >= 0.3 is 0 Å². The van der Waals surface area contributed by atoms with Gasteiger partial charge in [0.25, 0.3) is 5.91 Å². The molecule has 2 aliphatic heterocycles. The second kappa shape index (κ2) is 8.84. The predicted molar refractivity (Wildman–Crippen MR) is 127 cm³/mol. The maximum Gasteiger partial charge on any atom is 0.257 e. The van der Waals surface area contributed by atoms with Crippen molar-refractivity contribution < 1.29 is 9.59 Å². The van der Waals surface area contributed by atoms with Crippen LogP contribution in [0.2, 0.25) is 0 Å². The van der Waals surface area contributed by atoms with Crippen molar-refractivity contribution in [2.45, 2.75) is 45.1 Å². The van der Waals surface area contributed by atoms with E-state index in [1.54, 1.807) is 0 Å². The van der Waals surface area contributed by atoms with Crippen LogP contribution in [0.5, 0.6) is 0 Å². The van der Waals surface area contributed by atoms with Gasteiger partial charge in [-0.25, -0.2) is 9.97 Å². The first-order valence-corrected chi connectivity index (χ1v) is 11.8. The van der Waals surface area contributed by atoms with Crippen molar-refractivity contribution in [3.05, 3.63) is 53.5 Å². The van der Waals surface area contributed by atoms with Crippen molar-refractivity contribution in [1.82, 2.24) is 24.3 Å². The molecule has 172 valence electrons. The molecular weight excluding hydrogens is 416 g/mol. The number of hydrogen-bond donors (Lipinski definition) is 1. The van der Waals surface area contributed by atoms with E-state index >= 15 is 0 Å². The average molecular weight is 447 g/mol. The lowest BCUT2D eigenvalue weighted by Gasteiger charge is -2.32. The molecule has 1 aromatic carbocycles. The number of nitrogens with zero attached hydrogens (tertiary/aromatic N) is 5. The van der Waals surface area contributed by atoms with Gasteiger partial charge in [-0.05, 0) is 56.9 Å². The van der Waals surface area contributed by atoms with E-state index in [1.807, 2.05) is 57.7 Å². The van der Waals surface area contributed by atoms with Gasteiger partial charge in [0.05, 0.1) is 16.6 Å². The van der Waals surface area contributed by atoms with Gasteiger partial charge in [-0.2, -0.15) is 0 Å². The van der Waals surface area contributed by atoms with E-state index in [4.69, 9.17) is 5.73 Å². The number of aromatic nitrogens is 3. The first-order chi connectivity index (χ1) is 16.0. The summed E-state index contributed by atoms with van der Waals surface area (Å²) in [5.41, 5.74) is 9.48. The lowest BCUT2D eigenvalue weighted by Crippen LogP contribution is -2.40. The van der Waals surface area contributed by atoms with Gasteiger partial charge in [-0.1, -0.05) is 12.1 Å². The maximum atomic E-state index is 13.0. The van der Waals surface area contributed by atoms with E-state index in [-0.39, 0.29) is 17.7 Å². The fourth-order valence-corrected chi connectivity index (χ4v) is 5.04. The summed E-state index contributed by atoms with van der Waals surface area (Å²) in [4.78, 5) is 38.6. The smallest absolute Gasteiger partial charge is 0.257 e. The summed E-state index contributed by atoms with van der Waals surface area (Å²) in [5, 5.41) is 0. The number of aryl methyl sites for hydroxylation is 1. The minimum Gasteiger partial charge on any atom is -0.383 e. The Balaban J connectivity index is 1.22. The van der Waals surface area contributed by atoms with Crippen LogP contribution in [0.3, 0.4) is 0 Å². The lowest BCUT2D eigenvalue weighted by molar-refractivity contribution is -0.132. The highest BCUT2D eigenvalue weighted by atomic mass is 16.2. The molecule has 8 heteroatoms. The van der Waals surface area contributed by atoms with Crippen LogP contribution in [-0.2, 0) is 11.3 Å². The molecule has 5 rings (SSSR count). The van der Waals surface area contributed by atoms with Gasteiger partial charge in [0.1, 0.15) is 18.2 Å². The first kappa shape index (κ1) is 21.4. The number of likely N-dealkylation sites (tertiary alicyclic amines) is 2. The minimum atomic E-state index is -0.0215. The Bertz CT molecular complexity index is 1190. The molecular formula is C25H30N6O2. The number of rotatable bonds is 4. The Morgan fingerprint density at radius 1 is 0.970 bits per heavy atom. The zero-order chi connectivity index (χ0) is 22.9. The molecule has 2 aromatic heterocycles. The van der Waals surface area contributed by atoms with Crippen LogP contribution >= 0.6 is 0 Å². The third-order valence-electron chi connectivity index (χ3n) is 6.97. The van der Waals surface area contributed by atoms with E-state index in [0.717, 1.165) is 61.3 Å². The molecule has 0 unspecified atom stereocenters. The van der Waals surface area contributed by atoms with Crippen molar-refractivity contribution >= 4 is 28.7 Å². The fourth-order valence-electron chi connectivity index (χ4n) is 5.04. The number of carbonyl (C=O) groups is 2. The minimum absolute atomic E-state index is 0.0215. The number of anilines is 1. The Morgan fingerprint density at radius 3 is 2.42 bits per heavy atom.